The summed E-state index contributed by atoms with van der Waals surface area (Å²) < 4.78 is 5.71. The van der Waals surface area contributed by atoms with Crippen molar-refractivity contribution in [2.45, 2.75) is 37.5 Å². The number of fused-ring (bicyclic) bond motifs is 1. The van der Waals surface area contributed by atoms with E-state index in [-0.39, 0.29) is 0 Å². The number of rotatable bonds is 4. The quantitative estimate of drug-likeness (QED) is 0.899. The molecule has 1 aliphatic heterocycles. The van der Waals surface area contributed by atoms with Crippen LogP contribution in [0.5, 0.6) is 0 Å². The van der Waals surface area contributed by atoms with E-state index in [1.807, 2.05) is 0 Å². The van der Waals surface area contributed by atoms with Crippen molar-refractivity contribution in [1.29, 1.82) is 0 Å². The fourth-order valence-electron chi connectivity index (χ4n) is 3.23. The van der Waals surface area contributed by atoms with E-state index in [2.05, 4.69) is 48.6 Å². The lowest BCUT2D eigenvalue weighted by molar-refractivity contribution is 0.0409. The minimum Gasteiger partial charge on any atom is -0.375 e. The lowest BCUT2D eigenvalue weighted by atomic mass is 9.75. The van der Waals surface area contributed by atoms with Crippen molar-refractivity contribution in [3.8, 4) is 0 Å². The predicted octanol–water partition coefficient (Wildman–Crippen LogP) is 2.33. The van der Waals surface area contributed by atoms with Crippen LogP contribution in [0, 0.1) is 0 Å². The van der Waals surface area contributed by atoms with Crippen molar-refractivity contribution in [3.63, 3.8) is 0 Å². The van der Waals surface area contributed by atoms with Crippen LogP contribution in [0.3, 0.4) is 0 Å². The standard InChI is InChI=1S/C16H24N2O/c1-18(2)16(8-5-9-16)12-17-15-11-19-10-13-6-3-4-7-14(13)15/h3-4,6-7,15,17H,5,8-12H2,1-2H3. The highest BCUT2D eigenvalue weighted by atomic mass is 16.5. The maximum absolute atomic E-state index is 5.71. The molecule has 1 aromatic carbocycles. The Balaban J connectivity index is 1.68. The first-order chi connectivity index (χ1) is 9.21. The third-order valence-electron chi connectivity index (χ3n) is 4.88. The van der Waals surface area contributed by atoms with Crippen LogP contribution in [0.2, 0.25) is 0 Å². The van der Waals surface area contributed by atoms with Gasteiger partial charge in [0.1, 0.15) is 0 Å². The molecule has 1 heterocycles. The zero-order valence-corrected chi connectivity index (χ0v) is 12.0. The van der Waals surface area contributed by atoms with E-state index < -0.39 is 0 Å². The van der Waals surface area contributed by atoms with Gasteiger partial charge in [0.15, 0.2) is 0 Å². The first kappa shape index (κ1) is 13.1. The zero-order chi connectivity index (χ0) is 13.3. The number of hydrogen-bond acceptors (Lipinski definition) is 3. The molecular weight excluding hydrogens is 236 g/mol. The van der Waals surface area contributed by atoms with Crippen LogP contribution in [0.4, 0.5) is 0 Å². The van der Waals surface area contributed by atoms with Gasteiger partial charge in [-0.25, -0.2) is 0 Å². The molecule has 0 spiro atoms. The highest BCUT2D eigenvalue weighted by molar-refractivity contribution is 5.31. The molecule has 1 atom stereocenters. The van der Waals surface area contributed by atoms with Crippen LogP contribution in [0.25, 0.3) is 0 Å². The molecule has 0 amide bonds. The molecule has 2 aliphatic rings. The van der Waals surface area contributed by atoms with Crippen LogP contribution in [0.1, 0.15) is 36.4 Å². The largest absolute Gasteiger partial charge is 0.375 e. The number of ether oxygens (including phenoxy) is 1. The maximum Gasteiger partial charge on any atom is 0.0721 e. The van der Waals surface area contributed by atoms with Crippen LogP contribution in [-0.2, 0) is 11.3 Å². The van der Waals surface area contributed by atoms with Gasteiger partial charge in [0, 0.05) is 12.1 Å². The number of likely N-dealkylation sites (N-methyl/N-ethyl adjacent to an activating group) is 1. The highest BCUT2D eigenvalue weighted by Gasteiger charge is 2.39. The summed E-state index contributed by atoms with van der Waals surface area (Å²) in [5.74, 6) is 0. The first-order valence-corrected chi connectivity index (χ1v) is 7.28. The van der Waals surface area contributed by atoms with Crippen molar-refractivity contribution in [1.82, 2.24) is 10.2 Å². The molecule has 0 aromatic heterocycles. The van der Waals surface area contributed by atoms with Gasteiger partial charge >= 0.3 is 0 Å². The summed E-state index contributed by atoms with van der Waals surface area (Å²) in [6, 6.07) is 8.98. The number of nitrogens with zero attached hydrogens (tertiary/aromatic N) is 1. The van der Waals surface area contributed by atoms with Gasteiger partial charge in [-0.15, -0.1) is 0 Å². The first-order valence-electron chi connectivity index (χ1n) is 7.28. The van der Waals surface area contributed by atoms with Crippen molar-refractivity contribution in [2.24, 2.45) is 0 Å². The minimum absolute atomic E-state index is 0.349. The Morgan fingerprint density at radius 2 is 2.11 bits per heavy atom. The molecule has 3 rings (SSSR count). The highest BCUT2D eigenvalue weighted by Crippen LogP contribution is 2.36. The van der Waals surface area contributed by atoms with Crippen LogP contribution in [0.15, 0.2) is 24.3 Å². The number of hydrogen-bond donors (Lipinski definition) is 1. The molecule has 1 fully saturated rings. The summed E-state index contributed by atoms with van der Waals surface area (Å²) in [5, 5.41) is 3.74. The van der Waals surface area contributed by atoms with Crippen molar-refractivity contribution >= 4 is 0 Å². The summed E-state index contributed by atoms with van der Waals surface area (Å²) in [4.78, 5) is 2.39. The monoisotopic (exact) mass is 260 g/mol. The Labute approximate surface area is 115 Å². The zero-order valence-electron chi connectivity index (χ0n) is 12.0. The molecule has 0 saturated heterocycles. The van der Waals surface area contributed by atoms with Gasteiger partial charge in [-0.1, -0.05) is 24.3 Å². The van der Waals surface area contributed by atoms with Gasteiger partial charge in [0.05, 0.1) is 19.3 Å². The predicted molar refractivity (Wildman–Crippen MR) is 77.1 cm³/mol. The molecule has 104 valence electrons. The van der Waals surface area contributed by atoms with Crippen LogP contribution >= 0.6 is 0 Å². The van der Waals surface area contributed by atoms with Gasteiger partial charge in [0.25, 0.3) is 0 Å². The Bertz CT molecular complexity index is 440. The second-order valence-electron chi connectivity index (χ2n) is 6.12. The normalized spacial score (nSPS) is 24.9. The van der Waals surface area contributed by atoms with Crippen molar-refractivity contribution in [2.75, 3.05) is 27.2 Å². The lowest BCUT2D eigenvalue weighted by Crippen LogP contribution is -2.57. The van der Waals surface area contributed by atoms with Gasteiger partial charge in [-0.3, -0.25) is 0 Å². The number of benzene rings is 1. The maximum atomic E-state index is 5.71. The van der Waals surface area contributed by atoms with E-state index in [4.69, 9.17) is 4.74 Å². The van der Waals surface area contributed by atoms with E-state index in [1.165, 1.54) is 30.4 Å². The van der Waals surface area contributed by atoms with Crippen LogP contribution < -0.4 is 5.32 Å². The summed E-state index contributed by atoms with van der Waals surface area (Å²) in [6.07, 6.45) is 3.97. The third-order valence-corrected chi connectivity index (χ3v) is 4.88. The molecular formula is C16H24N2O. The van der Waals surface area contributed by atoms with Gasteiger partial charge in [0.2, 0.25) is 0 Å². The molecule has 1 aliphatic carbocycles. The second kappa shape index (κ2) is 5.23. The Kier molecular flexibility index (Phi) is 3.61. The molecule has 0 radical (unpaired) electrons. The molecule has 1 aromatic rings. The number of nitrogens with one attached hydrogen (secondary N) is 1. The summed E-state index contributed by atoms with van der Waals surface area (Å²) in [5.41, 5.74) is 3.12. The average molecular weight is 260 g/mol. The van der Waals surface area contributed by atoms with Gasteiger partial charge in [-0.2, -0.15) is 0 Å². The molecule has 3 heteroatoms. The van der Waals surface area contributed by atoms with Crippen LogP contribution in [-0.4, -0.2) is 37.7 Å². The van der Waals surface area contributed by atoms with E-state index in [9.17, 15) is 0 Å². The topological polar surface area (TPSA) is 24.5 Å². The Morgan fingerprint density at radius 3 is 2.79 bits per heavy atom. The summed E-state index contributed by atoms with van der Waals surface area (Å²) in [7, 11) is 4.40. The molecule has 19 heavy (non-hydrogen) atoms. The smallest absolute Gasteiger partial charge is 0.0721 e. The fourth-order valence-corrected chi connectivity index (χ4v) is 3.23. The van der Waals surface area contributed by atoms with E-state index in [0.717, 1.165) is 19.8 Å². The average Bonchev–Trinajstić information content (AvgIpc) is 2.37. The minimum atomic E-state index is 0.349. The van der Waals surface area contributed by atoms with E-state index in [1.54, 1.807) is 0 Å². The van der Waals surface area contributed by atoms with E-state index >= 15 is 0 Å². The van der Waals surface area contributed by atoms with E-state index in [0.29, 0.717) is 11.6 Å². The SMILES string of the molecule is CN(C)C1(CNC2COCc3ccccc32)CCC1. The lowest BCUT2D eigenvalue weighted by Gasteiger charge is -2.48. The molecule has 1 saturated carbocycles. The summed E-state index contributed by atoms with van der Waals surface area (Å²) >= 11 is 0. The fraction of sp³-hybridized carbons (Fsp3) is 0.625. The van der Waals surface area contributed by atoms with Crippen molar-refractivity contribution in [3.05, 3.63) is 35.4 Å². The van der Waals surface area contributed by atoms with Gasteiger partial charge < -0.3 is 15.0 Å². The molecule has 1 unspecified atom stereocenters. The second-order valence-corrected chi connectivity index (χ2v) is 6.12. The van der Waals surface area contributed by atoms with Gasteiger partial charge in [-0.05, 0) is 44.5 Å². The Hall–Kier alpha value is -0.900. The molecule has 1 N–H and O–H groups in total. The third kappa shape index (κ3) is 2.42. The molecule has 0 bridgehead atoms. The van der Waals surface area contributed by atoms with Crippen molar-refractivity contribution < 1.29 is 4.74 Å². The summed E-state index contributed by atoms with van der Waals surface area (Å²) in [6.45, 7) is 2.61. The Morgan fingerprint density at radius 1 is 1.32 bits per heavy atom. The molecule has 3 nitrogen and oxygen atoms in total.